The lowest BCUT2D eigenvalue weighted by atomic mass is 10.1. The molecule has 0 amide bonds. The number of terminal acetylenes is 1. The summed E-state index contributed by atoms with van der Waals surface area (Å²) in [5.41, 5.74) is 0. The lowest BCUT2D eigenvalue weighted by Gasteiger charge is -2.28. The van der Waals surface area contributed by atoms with Gasteiger partial charge in [0.1, 0.15) is 6.61 Å². The molecular weight excluding hydrogens is 174 g/mol. The van der Waals surface area contributed by atoms with Crippen molar-refractivity contribution in [3.63, 3.8) is 0 Å². The van der Waals surface area contributed by atoms with Crippen LogP contribution in [-0.2, 0) is 4.74 Å². The average molecular weight is 190 g/mol. The van der Waals surface area contributed by atoms with Crippen LogP contribution < -0.4 is 0 Å². The summed E-state index contributed by atoms with van der Waals surface area (Å²) >= 11 is 0. The Morgan fingerprint density at radius 3 is 2.58 bits per heavy atom. The molecule has 2 nitrogen and oxygen atoms in total. The van der Waals surface area contributed by atoms with Crippen LogP contribution >= 0.6 is 12.4 Å². The Morgan fingerprint density at radius 1 is 1.50 bits per heavy atom. The lowest BCUT2D eigenvalue weighted by Crippen LogP contribution is -2.34. The van der Waals surface area contributed by atoms with Gasteiger partial charge in [-0.15, -0.1) is 18.8 Å². The van der Waals surface area contributed by atoms with Crippen molar-refractivity contribution in [2.24, 2.45) is 0 Å². The van der Waals surface area contributed by atoms with E-state index in [-0.39, 0.29) is 12.4 Å². The second-order valence-corrected chi connectivity index (χ2v) is 3.02. The Balaban J connectivity index is 0.00000121. The third-order valence-corrected chi connectivity index (χ3v) is 2.07. The molecule has 0 radical (unpaired) electrons. The van der Waals surface area contributed by atoms with Crippen molar-refractivity contribution < 1.29 is 4.74 Å². The summed E-state index contributed by atoms with van der Waals surface area (Å²) in [6.07, 6.45) is 7.74. The fourth-order valence-electron chi connectivity index (χ4n) is 1.32. The van der Waals surface area contributed by atoms with Gasteiger partial charge in [-0.3, -0.25) is 0 Å². The molecule has 0 unspecified atom stereocenters. The van der Waals surface area contributed by atoms with Gasteiger partial charge >= 0.3 is 0 Å². The van der Waals surface area contributed by atoms with E-state index in [0.717, 1.165) is 25.9 Å². The Bertz CT molecular complexity index is 147. The van der Waals surface area contributed by atoms with E-state index in [9.17, 15) is 0 Å². The molecule has 1 aliphatic heterocycles. The van der Waals surface area contributed by atoms with Crippen molar-refractivity contribution in [3.05, 3.63) is 0 Å². The molecule has 0 bridgehead atoms. The molecule has 1 rings (SSSR count). The van der Waals surface area contributed by atoms with Crippen LogP contribution in [-0.4, -0.2) is 37.7 Å². The highest BCUT2D eigenvalue weighted by Gasteiger charge is 2.15. The van der Waals surface area contributed by atoms with Gasteiger partial charge in [-0.05, 0) is 19.9 Å². The van der Waals surface area contributed by atoms with Gasteiger partial charge in [0.15, 0.2) is 0 Å². The van der Waals surface area contributed by atoms with Crippen LogP contribution in [0.3, 0.4) is 0 Å². The first-order chi connectivity index (χ1) is 5.33. The maximum atomic E-state index is 5.42. The van der Waals surface area contributed by atoms with Gasteiger partial charge < -0.3 is 9.64 Å². The van der Waals surface area contributed by atoms with Crippen LogP contribution in [0.15, 0.2) is 0 Å². The van der Waals surface area contributed by atoms with Crippen LogP contribution in [0.25, 0.3) is 0 Å². The molecule has 0 aromatic rings. The lowest BCUT2D eigenvalue weighted by molar-refractivity contribution is 0.0307. The molecule has 1 aliphatic rings. The van der Waals surface area contributed by atoms with Gasteiger partial charge in [0.25, 0.3) is 0 Å². The van der Waals surface area contributed by atoms with Crippen molar-refractivity contribution in [1.82, 2.24) is 4.90 Å². The molecule has 0 aromatic carbocycles. The highest BCUT2D eigenvalue weighted by molar-refractivity contribution is 5.85. The van der Waals surface area contributed by atoms with Crippen molar-refractivity contribution in [2.75, 3.05) is 26.7 Å². The minimum absolute atomic E-state index is 0. The van der Waals surface area contributed by atoms with E-state index >= 15 is 0 Å². The molecule has 0 saturated carbocycles. The summed E-state index contributed by atoms with van der Waals surface area (Å²) in [5, 5.41) is 0. The first-order valence-electron chi connectivity index (χ1n) is 4.06. The standard InChI is InChI=1S/C9H15NO.ClH/c1-3-8-11-9-4-6-10(2)7-5-9;/h1,9H,4-8H2,2H3;1H. The summed E-state index contributed by atoms with van der Waals surface area (Å²) in [6.45, 7) is 2.73. The molecule has 0 aromatic heterocycles. The number of hydrogen-bond donors (Lipinski definition) is 0. The third kappa shape index (κ3) is 3.96. The van der Waals surface area contributed by atoms with E-state index in [1.54, 1.807) is 0 Å². The molecule has 3 heteroatoms. The molecule has 0 atom stereocenters. The Morgan fingerprint density at radius 2 is 2.08 bits per heavy atom. The molecule has 0 N–H and O–H groups in total. The van der Waals surface area contributed by atoms with E-state index in [1.165, 1.54) is 0 Å². The number of hydrogen-bond acceptors (Lipinski definition) is 2. The topological polar surface area (TPSA) is 12.5 Å². The zero-order chi connectivity index (χ0) is 8.10. The first kappa shape index (κ1) is 11.8. The van der Waals surface area contributed by atoms with E-state index in [0.29, 0.717) is 12.7 Å². The summed E-state index contributed by atoms with van der Waals surface area (Å²) < 4.78 is 5.42. The Labute approximate surface area is 80.7 Å². The summed E-state index contributed by atoms with van der Waals surface area (Å²) in [5.74, 6) is 2.49. The monoisotopic (exact) mass is 189 g/mol. The third-order valence-electron chi connectivity index (χ3n) is 2.07. The van der Waals surface area contributed by atoms with Gasteiger partial charge in [0.05, 0.1) is 6.10 Å². The fraction of sp³-hybridized carbons (Fsp3) is 0.778. The normalized spacial score (nSPS) is 19.7. The minimum atomic E-state index is 0. The number of likely N-dealkylation sites (tertiary alicyclic amines) is 1. The highest BCUT2D eigenvalue weighted by atomic mass is 35.5. The summed E-state index contributed by atoms with van der Waals surface area (Å²) in [6, 6.07) is 0. The molecule has 1 fully saturated rings. The zero-order valence-corrected chi connectivity index (χ0v) is 8.27. The largest absolute Gasteiger partial charge is 0.365 e. The van der Waals surface area contributed by atoms with Crippen molar-refractivity contribution in [3.8, 4) is 12.3 Å². The number of halogens is 1. The zero-order valence-electron chi connectivity index (χ0n) is 7.45. The predicted octanol–water partition coefficient (Wildman–Crippen LogP) is 1.15. The molecule has 12 heavy (non-hydrogen) atoms. The van der Waals surface area contributed by atoms with Crippen LogP contribution in [0.1, 0.15) is 12.8 Å². The quantitative estimate of drug-likeness (QED) is 0.605. The summed E-state index contributed by atoms with van der Waals surface area (Å²) in [4.78, 5) is 2.32. The highest BCUT2D eigenvalue weighted by Crippen LogP contribution is 2.11. The van der Waals surface area contributed by atoms with Crippen molar-refractivity contribution in [2.45, 2.75) is 18.9 Å². The van der Waals surface area contributed by atoms with Crippen LogP contribution in [0.4, 0.5) is 0 Å². The molecule has 0 aliphatic carbocycles. The van der Waals surface area contributed by atoms with Crippen molar-refractivity contribution in [1.29, 1.82) is 0 Å². The van der Waals surface area contributed by atoms with Crippen LogP contribution in [0, 0.1) is 12.3 Å². The maximum absolute atomic E-state index is 5.42. The predicted molar refractivity (Wildman–Crippen MR) is 52.6 cm³/mol. The molecular formula is C9H16ClNO. The van der Waals surface area contributed by atoms with E-state index in [4.69, 9.17) is 11.2 Å². The van der Waals surface area contributed by atoms with Crippen LogP contribution in [0.2, 0.25) is 0 Å². The van der Waals surface area contributed by atoms with Gasteiger partial charge in [0, 0.05) is 13.1 Å². The average Bonchev–Trinajstić information content (AvgIpc) is 2.04. The molecule has 70 valence electrons. The van der Waals surface area contributed by atoms with E-state index in [1.807, 2.05) is 0 Å². The second-order valence-electron chi connectivity index (χ2n) is 3.02. The summed E-state index contributed by atoms with van der Waals surface area (Å²) in [7, 11) is 2.14. The fourth-order valence-corrected chi connectivity index (χ4v) is 1.32. The van der Waals surface area contributed by atoms with Crippen LogP contribution in [0.5, 0.6) is 0 Å². The number of rotatable bonds is 2. The Hall–Kier alpha value is -0.230. The van der Waals surface area contributed by atoms with Gasteiger partial charge in [-0.1, -0.05) is 5.92 Å². The maximum Gasteiger partial charge on any atom is 0.107 e. The minimum Gasteiger partial charge on any atom is -0.365 e. The number of nitrogens with zero attached hydrogens (tertiary/aromatic N) is 1. The SMILES string of the molecule is C#CCOC1CCN(C)CC1.Cl. The second kappa shape index (κ2) is 6.30. The molecule has 0 spiro atoms. The van der Waals surface area contributed by atoms with Gasteiger partial charge in [-0.2, -0.15) is 0 Å². The van der Waals surface area contributed by atoms with Gasteiger partial charge in [-0.25, -0.2) is 0 Å². The smallest absolute Gasteiger partial charge is 0.107 e. The first-order valence-corrected chi connectivity index (χ1v) is 4.06. The molecule has 1 saturated heterocycles. The number of ether oxygens (including phenoxy) is 1. The van der Waals surface area contributed by atoms with E-state index < -0.39 is 0 Å². The number of piperidine rings is 1. The van der Waals surface area contributed by atoms with Gasteiger partial charge in [0.2, 0.25) is 0 Å². The van der Waals surface area contributed by atoms with Crippen molar-refractivity contribution >= 4 is 12.4 Å². The Kier molecular flexibility index (Phi) is 6.18. The molecule has 1 heterocycles. The van der Waals surface area contributed by atoms with E-state index in [2.05, 4.69) is 17.9 Å².